The minimum absolute atomic E-state index is 0.120. The van der Waals surface area contributed by atoms with E-state index < -0.39 is 17.2 Å². The standard InChI is InChI=1S/C22H27FN4O4/c1-3-14(24-31-2)12-25-6-8-26(9-7-25)20-11-19-16(10-18(20)23)21(28)17(22(29)30)13-27(19)15-4-5-15/h10-11,13,15H,3-9,12H2,1-2H3,(H,29,30). The normalized spacial score (nSPS) is 17.9. The molecule has 2 aliphatic rings. The molecule has 0 atom stereocenters. The fraction of sp³-hybridized carbons (Fsp3) is 0.500. The number of aromatic carboxylic acids is 1. The van der Waals surface area contributed by atoms with E-state index in [0.29, 0.717) is 24.3 Å². The van der Waals surface area contributed by atoms with Crippen LogP contribution in [0.5, 0.6) is 0 Å². The number of carboxylic acids is 1. The molecule has 1 aliphatic heterocycles. The highest BCUT2D eigenvalue weighted by molar-refractivity contribution is 5.93. The fourth-order valence-corrected chi connectivity index (χ4v) is 4.15. The second-order valence-electron chi connectivity index (χ2n) is 8.09. The monoisotopic (exact) mass is 430 g/mol. The summed E-state index contributed by atoms with van der Waals surface area (Å²) in [6.45, 7) is 5.56. The van der Waals surface area contributed by atoms with Crippen molar-refractivity contribution in [1.29, 1.82) is 0 Å². The molecule has 1 saturated heterocycles. The van der Waals surface area contributed by atoms with Gasteiger partial charge in [0.05, 0.1) is 16.9 Å². The maximum atomic E-state index is 15.0. The van der Waals surface area contributed by atoms with E-state index in [1.165, 1.54) is 19.4 Å². The minimum atomic E-state index is -1.29. The number of rotatable bonds is 7. The number of benzene rings is 1. The Morgan fingerprint density at radius 3 is 2.55 bits per heavy atom. The van der Waals surface area contributed by atoms with E-state index in [1.807, 2.05) is 16.4 Å². The van der Waals surface area contributed by atoms with Crippen molar-refractivity contribution in [1.82, 2.24) is 9.47 Å². The summed E-state index contributed by atoms with van der Waals surface area (Å²) < 4.78 is 16.9. The number of carboxylic acid groups (broad SMARTS) is 1. The van der Waals surface area contributed by atoms with Crippen LogP contribution in [0, 0.1) is 5.82 Å². The fourth-order valence-electron chi connectivity index (χ4n) is 4.15. The lowest BCUT2D eigenvalue weighted by atomic mass is 10.1. The van der Waals surface area contributed by atoms with Gasteiger partial charge in [-0.15, -0.1) is 0 Å². The zero-order valence-electron chi connectivity index (χ0n) is 17.8. The first-order valence-corrected chi connectivity index (χ1v) is 10.6. The van der Waals surface area contributed by atoms with Crippen LogP contribution in [0.25, 0.3) is 10.9 Å². The summed E-state index contributed by atoms with van der Waals surface area (Å²) in [7, 11) is 1.54. The van der Waals surface area contributed by atoms with Gasteiger partial charge in [-0.3, -0.25) is 9.69 Å². The summed E-state index contributed by atoms with van der Waals surface area (Å²) >= 11 is 0. The molecule has 31 heavy (non-hydrogen) atoms. The van der Waals surface area contributed by atoms with Gasteiger partial charge >= 0.3 is 5.97 Å². The zero-order valence-corrected chi connectivity index (χ0v) is 17.8. The van der Waals surface area contributed by atoms with Crippen molar-refractivity contribution in [2.24, 2.45) is 5.16 Å². The molecule has 0 unspecified atom stereocenters. The lowest BCUT2D eigenvalue weighted by Crippen LogP contribution is -2.48. The van der Waals surface area contributed by atoms with E-state index in [0.717, 1.165) is 44.6 Å². The number of pyridine rings is 1. The third-order valence-electron chi connectivity index (χ3n) is 6.02. The molecular formula is C22H27FN4O4. The Kier molecular flexibility index (Phi) is 5.95. The molecule has 9 heteroatoms. The molecule has 1 aliphatic carbocycles. The summed E-state index contributed by atoms with van der Waals surface area (Å²) in [6, 6.07) is 3.06. The van der Waals surface area contributed by atoms with Crippen molar-refractivity contribution in [3.63, 3.8) is 0 Å². The predicted octanol–water partition coefficient (Wildman–Crippen LogP) is 2.71. The first kappa shape index (κ1) is 21.3. The van der Waals surface area contributed by atoms with Gasteiger partial charge in [-0.1, -0.05) is 12.1 Å². The highest BCUT2D eigenvalue weighted by atomic mass is 19.1. The number of oxime groups is 1. The van der Waals surface area contributed by atoms with Gasteiger partial charge in [-0.25, -0.2) is 9.18 Å². The number of fused-ring (bicyclic) bond motifs is 1. The number of anilines is 1. The molecule has 2 fully saturated rings. The van der Waals surface area contributed by atoms with E-state index in [4.69, 9.17) is 4.84 Å². The molecule has 1 aromatic carbocycles. The highest BCUT2D eigenvalue weighted by Gasteiger charge is 2.28. The topological polar surface area (TPSA) is 87.4 Å². The lowest BCUT2D eigenvalue weighted by molar-refractivity contribution is 0.0695. The maximum absolute atomic E-state index is 15.0. The summed E-state index contributed by atoms with van der Waals surface area (Å²) in [5.41, 5.74) is 1.06. The minimum Gasteiger partial charge on any atom is -0.477 e. The van der Waals surface area contributed by atoms with Crippen LogP contribution in [0.4, 0.5) is 10.1 Å². The van der Waals surface area contributed by atoms with Crippen molar-refractivity contribution in [3.05, 3.63) is 39.9 Å². The molecule has 2 aromatic rings. The molecule has 8 nitrogen and oxygen atoms in total. The van der Waals surface area contributed by atoms with Crippen LogP contribution in [0.1, 0.15) is 42.6 Å². The number of hydrogen-bond acceptors (Lipinski definition) is 6. The van der Waals surface area contributed by atoms with Crippen molar-refractivity contribution >= 4 is 28.3 Å². The SMILES string of the molecule is CCC(CN1CCN(c2cc3c(cc2F)c(=O)c(C(=O)O)cn3C2CC2)CC1)=NOC. The molecular weight excluding hydrogens is 403 g/mol. The quantitative estimate of drug-likeness (QED) is 0.537. The smallest absolute Gasteiger partial charge is 0.341 e. The molecule has 0 spiro atoms. The largest absolute Gasteiger partial charge is 0.477 e. The molecule has 0 radical (unpaired) electrons. The van der Waals surface area contributed by atoms with Crippen molar-refractivity contribution < 1.29 is 19.1 Å². The van der Waals surface area contributed by atoms with Gasteiger partial charge in [-0.05, 0) is 31.4 Å². The number of aromatic nitrogens is 1. The number of carbonyl (C=O) groups is 1. The van der Waals surface area contributed by atoms with Gasteiger partial charge in [0.2, 0.25) is 5.43 Å². The van der Waals surface area contributed by atoms with E-state index in [1.54, 1.807) is 6.07 Å². The zero-order chi connectivity index (χ0) is 22.1. The second kappa shape index (κ2) is 8.66. The molecule has 1 aromatic heterocycles. The highest BCUT2D eigenvalue weighted by Crippen LogP contribution is 2.38. The van der Waals surface area contributed by atoms with Gasteiger partial charge in [-0.2, -0.15) is 0 Å². The van der Waals surface area contributed by atoms with Crippen molar-refractivity contribution in [2.75, 3.05) is 44.7 Å². The molecule has 0 bridgehead atoms. The van der Waals surface area contributed by atoms with Crippen LogP contribution in [-0.4, -0.2) is 66.1 Å². The van der Waals surface area contributed by atoms with Crippen LogP contribution in [0.3, 0.4) is 0 Å². The number of nitrogens with zero attached hydrogens (tertiary/aromatic N) is 4. The molecule has 1 N–H and O–H groups in total. The van der Waals surface area contributed by atoms with Gasteiger partial charge in [0.1, 0.15) is 18.5 Å². The first-order valence-electron chi connectivity index (χ1n) is 10.6. The summed E-state index contributed by atoms with van der Waals surface area (Å²) in [6.07, 6.45) is 4.06. The van der Waals surface area contributed by atoms with Crippen LogP contribution in [0.15, 0.2) is 28.3 Å². The first-order chi connectivity index (χ1) is 14.9. The van der Waals surface area contributed by atoms with E-state index in [-0.39, 0.29) is 17.0 Å². The molecule has 2 heterocycles. The van der Waals surface area contributed by atoms with Gasteiger partial charge in [0, 0.05) is 50.3 Å². The van der Waals surface area contributed by atoms with E-state index >= 15 is 4.39 Å². The lowest BCUT2D eigenvalue weighted by Gasteiger charge is -2.36. The number of halogens is 1. The summed E-state index contributed by atoms with van der Waals surface area (Å²) in [5, 5.41) is 13.6. The molecule has 166 valence electrons. The third kappa shape index (κ3) is 4.27. The van der Waals surface area contributed by atoms with Gasteiger partial charge < -0.3 is 19.4 Å². The maximum Gasteiger partial charge on any atom is 0.341 e. The van der Waals surface area contributed by atoms with Crippen LogP contribution in [0.2, 0.25) is 0 Å². The second-order valence-corrected chi connectivity index (χ2v) is 8.09. The predicted molar refractivity (Wildman–Crippen MR) is 117 cm³/mol. The Balaban J connectivity index is 1.62. The summed E-state index contributed by atoms with van der Waals surface area (Å²) in [4.78, 5) is 33.3. The summed E-state index contributed by atoms with van der Waals surface area (Å²) in [5.74, 6) is -1.79. The van der Waals surface area contributed by atoms with Crippen molar-refractivity contribution in [2.45, 2.75) is 32.2 Å². The van der Waals surface area contributed by atoms with Crippen LogP contribution < -0.4 is 10.3 Å². The number of hydrogen-bond donors (Lipinski definition) is 1. The van der Waals surface area contributed by atoms with Gasteiger partial charge in [0.25, 0.3) is 0 Å². The third-order valence-corrected chi connectivity index (χ3v) is 6.02. The van der Waals surface area contributed by atoms with Crippen molar-refractivity contribution in [3.8, 4) is 0 Å². The van der Waals surface area contributed by atoms with E-state index in [9.17, 15) is 14.7 Å². The molecule has 4 rings (SSSR count). The Bertz CT molecular complexity index is 1090. The van der Waals surface area contributed by atoms with Crippen LogP contribution in [-0.2, 0) is 4.84 Å². The Morgan fingerprint density at radius 2 is 1.97 bits per heavy atom. The average Bonchev–Trinajstić information content (AvgIpc) is 3.59. The Morgan fingerprint density at radius 1 is 1.26 bits per heavy atom. The Labute approximate surface area is 179 Å². The van der Waals surface area contributed by atoms with Gasteiger partial charge in [0.15, 0.2) is 0 Å². The number of piperazine rings is 1. The molecule has 0 amide bonds. The van der Waals surface area contributed by atoms with Crippen LogP contribution >= 0.6 is 0 Å². The average molecular weight is 430 g/mol. The molecule has 1 saturated carbocycles. The Hall–Kier alpha value is -2.94. The van der Waals surface area contributed by atoms with E-state index in [2.05, 4.69) is 10.1 Å².